The molecule has 1 heterocycles. The lowest BCUT2D eigenvalue weighted by atomic mass is 10.2. The van der Waals surface area contributed by atoms with Gasteiger partial charge < -0.3 is 20.1 Å². The number of aliphatic imine (C=N–C) groups is 1. The van der Waals surface area contributed by atoms with Crippen molar-refractivity contribution in [3.8, 4) is 11.6 Å². The number of nitrogens with one attached hydrogen (secondary N) is 2. The highest BCUT2D eigenvalue weighted by atomic mass is 19.4. The van der Waals surface area contributed by atoms with E-state index in [-0.39, 0.29) is 12.4 Å². The van der Waals surface area contributed by atoms with E-state index in [0.29, 0.717) is 24.0 Å². The van der Waals surface area contributed by atoms with Gasteiger partial charge >= 0.3 is 6.18 Å². The summed E-state index contributed by atoms with van der Waals surface area (Å²) in [5.74, 6) is 1.94. The molecule has 1 aliphatic rings. The number of nitrogens with zero attached hydrogens (tertiary/aromatic N) is 2. The molecule has 6 nitrogen and oxygen atoms in total. The summed E-state index contributed by atoms with van der Waals surface area (Å²) in [5, 5.41) is 6.26. The van der Waals surface area contributed by atoms with E-state index in [1.54, 1.807) is 19.2 Å². The molecule has 162 valence electrons. The van der Waals surface area contributed by atoms with E-state index in [4.69, 9.17) is 9.47 Å². The van der Waals surface area contributed by atoms with Crippen LogP contribution in [-0.2, 0) is 13.1 Å². The summed E-state index contributed by atoms with van der Waals surface area (Å²) in [6.45, 7) is 0.0405. The van der Waals surface area contributed by atoms with Crippen LogP contribution in [0, 0.1) is 5.92 Å². The molecule has 0 bridgehead atoms. The van der Waals surface area contributed by atoms with Gasteiger partial charge in [0.2, 0.25) is 5.88 Å². The van der Waals surface area contributed by atoms with Gasteiger partial charge in [0, 0.05) is 37.5 Å². The molecule has 0 atom stereocenters. The van der Waals surface area contributed by atoms with Crippen LogP contribution < -0.4 is 20.1 Å². The number of hydrogen-bond acceptors (Lipinski definition) is 4. The van der Waals surface area contributed by atoms with E-state index in [1.165, 1.54) is 19.0 Å². The summed E-state index contributed by atoms with van der Waals surface area (Å²) in [6, 6.07) is 11.1. The molecular weight excluding hydrogens is 397 g/mol. The standard InChI is InChI=1S/C21H25F3N4O2/c1-25-20(27-11-16-5-2-3-7-18(16)29-13-15-8-9-15)28-12-17-6-4-10-26-19(17)30-14-21(22,23)24/h2-7,10,15H,8-9,11-14H2,1H3,(H2,25,27,28). The lowest BCUT2D eigenvalue weighted by molar-refractivity contribution is -0.154. The maximum absolute atomic E-state index is 12.4. The second kappa shape index (κ2) is 10.2. The molecule has 2 aromatic rings. The van der Waals surface area contributed by atoms with Crippen molar-refractivity contribution in [3.63, 3.8) is 0 Å². The number of rotatable bonds is 9. The van der Waals surface area contributed by atoms with Crippen molar-refractivity contribution in [2.75, 3.05) is 20.3 Å². The Labute approximate surface area is 173 Å². The Hall–Kier alpha value is -2.97. The lowest BCUT2D eigenvalue weighted by Gasteiger charge is -2.16. The normalized spacial score (nSPS) is 14.3. The zero-order valence-electron chi connectivity index (χ0n) is 16.7. The summed E-state index contributed by atoms with van der Waals surface area (Å²) in [7, 11) is 1.62. The molecule has 1 aromatic heterocycles. The maximum Gasteiger partial charge on any atom is 0.422 e. The van der Waals surface area contributed by atoms with Gasteiger partial charge in [-0.2, -0.15) is 13.2 Å². The average molecular weight is 422 g/mol. The third-order valence-corrected chi connectivity index (χ3v) is 4.48. The predicted octanol–water partition coefficient (Wildman–Crippen LogP) is 3.68. The number of aromatic nitrogens is 1. The smallest absolute Gasteiger partial charge is 0.422 e. The highest BCUT2D eigenvalue weighted by Crippen LogP contribution is 2.30. The SMILES string of the molecule is CN=C(NCc1ccccc1OCC1CC1)NCc1cccnc1OCC(F)(F)F. The van der Waals surface area contributed by atoms with Crippen molar-refractivity contribution in [1.82, 2.24) is 15.6 Å². The fraction of sp³-hybridized carbons (Fsp3) is 0.429. The first-order valence-corrected chi connectivity index (χ1v) is 9.73. The van der Waals surface area contributed by atoms with Crippen LogP contribution in [0.15, 0.2) is 47.6 Å². The number of para-hydroxylation sites is 1. The van der Waals surface area contributed by atoms with Gasteiger partial charge in [-0.25, -0.2) is 4.98 Å². The number of alkyl halides is 3. The molecule has 30 heavy (non-hydrogen) atoms. The van der Waals surface area contributed by atoms with Gasteiger partial charge in [-0.1, -0.05) is 24.3 Å². The fourth-order valence-corrected chi connectivity index (χ4v) is 2.70. The number of guanidine groups is 1. The molecule has 3 rings (SSSR count). The van der Waals surface area contributed by atoms with Crippen LogP contribution in [0.4, 0.5) is 13.2 Å². The van der Waals surface area contributed by atoms with Crippen LogP contribution in [0.5, 0.6) is 11.6 Å². The van der Waals surface area contributed by atoms with Crippen molar-refractivity contribution < 1.29 is 22.6 Å². The molecule has 0 amide bonds. The van der Waals surface area contributed by atoms with Gasteiger partial charge in [-0.3, -0.25) is 4.99 Å². The molecule has 1 saturated carbocycles. The molecule has 2 N–H and O–H groups in total. The Morgan fingerprint density at radius 2 is 1.77 bits per heavy atom. The maximum atomic E-state index is 12.4. The van der Waals surface area contributed by atoms with E-state index in [2.05, 4.69) is 20.6 Å². The summed E-state index contributed by atoms with van der Waals surface area (Å²) in [5.41, 5.74) is 1.49. The Balaban J connectivity index is 1.53. The third kappa shape index (κ3) is 7.13. The highest BCUT2D eigenvalue weighted by Gasteiger charge is 2.29. The fourth-order valence-electron chi connectivity index (χ4n) is 2.70. The van der Waals surface area contributed by atoms with Crippen molar-refractivity contribution >= 4 is 5.96 Å². The number of pyridine rings is 1. The Bertz CT molecular complexity index is 854. The van der Waals surface area contributed by atoms with E-state index in [1.807, 2.05) is 24.3 Å². The van der Waals surface area contributed by atoms with Crippen LogP contribution in [0.1, 0.15) is 24.0 Å². The zero-order chi connectivity index (χ0) is 21.4. The molecule has 0 radical (unpaired) electrons. The van der Waals surface area contributed by atoms with Crippen molar-refractivity contribution in [2.24, 2.45) is 10.9 Å². The third-order valence-electron chi connectivity index (χ3n) is 4.48. The summed E-state index contributed by atoms with van der Waals surface area (Å²) >= 11 is 0. The Morgan fingerprint density at radius 1 is 1.07 bits per heavy atom. The van der Waals surface area contributed by atoms with Crippen molar-refractivity contribution in [2.45, 2.75) is 32.1 Å². The van der Waals surface area contributed by atoms with Gasteiger partial charge in [0.1, 0.15) is 5.75 Å². The molecule has 0 spiro atoms. The zero-order valence-corrected chi connectivity index (χ0v) is 16.7. The molecule has 1 aromatic carbocycles. The Kier molecular flexibility index (Phi) is 7.37. The summed E-state index contributed by atoms with van der Waals surface area (Å²) in [4.78, 5) is 8.05. The Morgan fingerprint density at radius 3 is 2.47 bits per heavy atom. The quantitative estimate of drug-likeness (QED) is 0.477. The van der Waals surface area contributed by atoms with Crippen LogP contribution in [-0.4, -0.2) is 37.4 Å². The topological polar surface area (TPSA) is 67.8 Å². The van der Waals surface area contributed by atoms with E-state index >= 15 is 0 Å². The highest BCUT2D eigenvalue weighted by molar-refractivity contribution is 5.79. The van der Waals surface area contributed by atoms with Crippen LogP contribution in [0.3, 0.4) is 0 Å². The van der Waals surface area contributed by atoms with Gasteiger partial charge in [-0.05, 0) is 30.9 Å². The lowest BCUT2D eigenvalue weighted by Crippen LogP contribution is -2.36. The molecular formula is C21H25F3N4O2. The second-order valence-corrected chi connectivity index (χ2v) is 7.01. The molecule has 0 aliphatic heterocycles. The second-order valence-electron chi connectivity index (χ2n) is 7.01. The monoisotopic (exact) mass is 422 g/mol. The van der Waals surface area contributed by atoms with Gasteiger partial charge in [-0.15, -0.1) is 0 Å². The molecule has 9 heteroatoms. The minimum Gasteiger partial charge on any atom is -0.493 e. The minimum atomic E-state index is -4.42. The van der Waals surface area contributed by atoms with E-state index in [0.717, 1.165) is 17.9 Å². The van der Waals surface area contributed by atoms with Crippen LogP contribution >= 0.6 is 0 Å². The van der Waals surface area contributed by atoms with Gasteiger partial charge in [0.05, 0.1) is 6.61 Å². The number of halogens is 3. The summed E-state index contributed by atoms with van der Waals surface area (Å²) < 4.78 is 48.0. The van der Waals surface area contributed by atoms with E-state index < -0.39 is 12.8 Å². The minimum absolute atomic E-state index is 0.0587. The number of benzene rings is 1. The molecule has 1 aliphatic carbocycles. The average Bonchev–Trinajstić information content (AvgIpc) is 3.56. The first kappa shape index (κ1) is 21.7. The van der Waals surface area contributed by atoms with E-state index in [9.17, 15) is 13.2 Å². The predicted molar refractivity (Wildman–Crippen MR) is 107 cm³/mol. The largest absolute Gasteiger partial charge is 0.493 e. The molecule has 1 fully saturated rings. The summed E-state index contributed by atoms with van der Waals surface area (Å²) in [6.07, 6.45) is -0.588. The molecule has 0 saturated heterocycles. The first-order valence-electron chi connectivity index (χ1n) is 9.73. The molecule has 0 unspecified atom stereocenters. The van der Waals surface area contributed by atoms with Crippen molar-refractivity contribution in [3.05, 3.63) is 53.7 Å². The number of ether oxygens (including phenoxy) is 2. The van der Waals surface area contributed by atoms with Gasteiger partial charge in [0.15, 0.2) is 12.6 Å². The van der Waals surface area contributed by atoms with Crippen LogP contribution in [0.2, 0.25) is 0 Å². The first-order chi connectivity index (χ1) is 14.4. The van der Waals surface area contributed by atoms with Crippen LogP contribution in [0.25, 0.3) is 0 Å². The van der Waals surface area contributed by atoms with Gasteiger partial charge in [0.25, 0.3) is 0 Å². The van der Waals surface area contributed by atoms with Crippen molar-refractivity contribution in [1.29, 1.82) is 0 Å². The number of hydrogen-bond donors (Lipinski definition) is 2.